The monoisotopic (exact) mass is 648 g/mol. The minimum atomic E-state index is -0.999. The van der Waals surface area contributed by atoms with Crippen LogP contribution >= 0.6 is 0 Å². The van der Waals surface area contributed by atoms with Gasteiger partial charge in [-0.05, 0) is 95.0 Å². The molecule has 1 amide bonds. The van der Waals surface area contributed by atoms with E-state index in [0.29, 0.717) is 35.6 Å². The lowest BCUT2D eigenvalue weighted by Crippen LogP contribution is -2.41. The van der Waals surface area contributed by atoms with Gasteiger partial charge in [0.25, 0.3) is 5.91 Å². The number of ether oxygens (including phenoxy) is 3. The smallest absolute Gasteiger partial charge is 0.339 e. The first-order valence-corrected chi connectivity index (χ1v) is 16.2. The number of methoxy groups -OCH3 is 1. The predicted molar refractivity (Wildman–Crippen MR) is 182 cm³/mol. The number of hydrogen-bond donors (Lipinski definition) is 1. The van der Waals surface area contributed by atoms with E-state index in [0.717, 1.165) is 50.2 Å². The maximum Gasteiger partial charge on any atom is 0.339 e. The summed E-state index contributed by atoms with van der Waals surface area (Å²) < 4.78 is 33.4. The van der Waals surface area contributed by atoms with Crippen LogP contribution in [0.25, 0.3) is 5.65 Å². The molecule has 0 spiro atoms. The highest BCUT2D eigenvalue weighted by Crippen LogP contribution is 2.41. The summed E-state index contributed by atoms with van der Waals surface area (Å²) in [6, 6.07) is 6.08. The highest BCUT2D eigenvalue weighted by molar-refractivity contribution is 5.93. The van der Waals surface area contributed by atoms with Gasteiger partial charge >= 0.3 is 5.97 Å². The van der Waals surface area contributed by atoms with Gasteiger partial charge < -0.3 is 24.4 Å². The topological polar surface area (TPSA) is 94.4 Å². The summed E-state index contributed by atoms with van der Waals surface area (Å²) in [6.07, 6.45) is 8.94. The molecular formula is C37H49FN4O5. The van der Waals surface area contributed by atoms with Gasteiger partial charge in [-0.1, -0.05) is 19.1 Å². The molecule has 1 atom stereocenters. The van der Waals surface area contributed by atoms with Crippen molar-refractivity contribution in [3.63, 3.8) is 0 Å². The lowest BCUT2D eigenvalue weighted by atomic mass is 9.76. The summed E-state index contributed by atoms with van der Waals surface area (Å²) in [5.41, 5.74) is 2.26. The Morgan fingerprint density at radius 3 is 2.49 bits per heavy atom. The number of benzene rings is 1. The summed E-state index contributed by atoms with van der Waals surface area (Å²) >= 11 is 0. The van der Waals surface area contributed by atoms with Crippen LogP contribution in [0.4, 0.5) is 10.2 Å². The third kappa shape index (κ3) is 8.80. The van der Waals surface area contributed by atoms with Crippen molar-refractivity contribution in [3.8, 4) is 5.75 Å². The van der Waals surface area contributed by atoms with Crippen LogP contribution in [0.2, 0.25) is 0 Å². The van der Waals surface area contributed by atoms with Crippen LogP contribution in [0.5, 0.6) is 5.75 Å². The average Bonchev–Trinajstić information content (AvgIpc) is 3.45. The molecule has 3 heterocycles. The third-order valence-electron chi connectivity index (χ3n) is 8.62. The van der Waals surface area contributed by atoms with E-state index in [1.165, 1.54) is 19.2 Å². The molecule has 2 aromatic heterocycles. The van der Waals surface area contributed by atoms with Crippen LogP contribution < -0.4 is 15.0 Å². The van der Waals surface area contributed by atoms with Crippen LogP contribution in [-0.4, -0.2) is 53.7 Å². The Hall–Kier alpha value is -4.18. The zero-order valence-electron chi connectivity index (χ0n) is 28.7. The maximum atomic E-state index is 14.1. The van der Waals surface area contributed by atoms with E-state index in [9.17, 15) is 14.0 Å². The molecule has 254 valence electrons. The Kier molecular flexibility index (Phi) is 11.5. The lowest BCUT2D eigenvalue weighted by Gasteiger charge is -2.42. The Labute approximate surface area is 277 Å². The second kappa shape index (κ2) is 15.2. The van der Waals surface area contributed by atoms with Crippen molar-refractivity contribution in [2.75, 3.05) is 31.7 Å². The number of aryl methyl sites for hydroxylation is 1. The molecule has 1 aromatic carbocycles. The van der Waals surface area contributed by atoms with E-state index >= 15 is 0 Å². The number of amides is 1. The first-order valence-electron chi connectivity index (χ1n) is 16.2. The highest BCUT2D eigenvalue weighted by Gasteiger charge is 2.37. The molecule has 1 aliphatic heterocycles. The summed E-state index contributed by atoms with van der Waals surface area (Å²) in [7, 11) is 1.36. The van der Waals surface area contributed by atoms with Gasteiger partial charge in [0, 0.05) is 37.0 Å². The van der Waals surface area contributed by atoms with Crippen molar-refractivity contribution in [3.05, 3.63) is 84.0 Å². The number of carbonyl (C=O) groups excluding carboxylic acids is 2. The van der Waals surface area contributed by atoms with Crippen molar-refractivity contribution in [1.29, 1.82) is 0 Å². The van der Waals surface area contributed by atoms with Crippen molar-refractivity contribution >= 4 is 23.3 Å². The molecule has 9 nitrogen and oxygen atoms in total. The zero-order chi connectivity index (χ0) is 34.4. The fourth-order valence-electron chi connectivity index (χ4n) is 5.99. The molecule has 0 radical (unpaired) electrons. The first-order chi connectivity index (χ1) is 22.3. The number of carbonyl (C=O) groups is 2. The largest absolute Gasteiger partial charge is 0.493 e. The van der Waals surface area contributed by atoms with Gasteiger partial charge in [0.15, 0.2) is 6.10 Å². The van der Waals surface area contributed by atoms with E-state index < -0.39 is 29.4 Å². The minimum absolute atomic E-state index is 0.0459. The Balaban J connectivity index is 1.73. The zero-order valence-corrected chi connectivity index (χ0v) is 28.7. The second-order valence-electron chi connectivity index (χ2n) is 13.5. The number of imidazole rings is 1. The normalized spacial score (nSPS) is 15.3. The number of piperidine rings is 1. The number of nitrogens with one attached hydrogen (secondary N) is 1. The van der Waals surface area contributed by atoms with Crippen molar-refractivity contribution < 1.29 is 28.2 Å². The quantitative estimate of drug-likeness (QED) is 0.112. The Morgan fingerprint density at radius 1 is 1.15 bits per heavy atom. The van der Waals surface area contributed by atoms with E-state index in [-0.39, 0.29) is 17.7 Å². The number of aromatic nitrogens is 2. The Bertz CT molecular complexity index is 1600. The van der Waals surface area contributed by atoms with Crippen molar-refractivity contribution in [1.82, 2.24) is 14.7 Å². The molecule has 0 bridgehead atoms. The van der Waals surface area contributed by atoms with Crippen molar-refractivity contribution in [2.45, 2.75) is 85.0 Å². The SMILES string of the molecule is C=CCCOc1ccc(F)cc1CNC(=O)c1cn2c(N3CCC(C)(CCC=C)CC3)c([C@H](OC(C)(C)C)C(=O)OC)c(C)cc2n1. The van der Waals surface area contributed by atoms with Gasteiger partial charge in [-0.2, -0.15) is 0 Å². The van der Waals surface area contributed by atoms with Crippen LogP contribution in [0.1, 0.15) is 93.1 Å². The molecule has 0 unspecified atom stereocenters. The van der Waals surface area contributed by atoms with Crippen LogP contribution in [0.15, 0.2) is 55.8 Å². The fraction of sp³-hybridized carbons (Fsp3) is 0.486. The molecule has 3 aromatic rings. The molecule has 0 saturated carbocycles. The van der Waals surface area contributed by atoms with E-state index in [1.807, 2.05) is 44.2 Å². The van der Waals surface area contributed by atoms with Gasteiger partial charge in [0.05, 0.1) is 19.3 Å². The number of nitrogens with zero attached hydrogens (tertiary/aromatic N) is 3. The van der Waals surface area contributed by atoms with Gasteiger partial charge in [0.1, 0.15) is 28.7 Å². The summed E-state index contributed by atoms with van der Waals surface area (Å²) in [5, 5.41) is 2.87. The molecule has 4 rings (SSSR count). The predicted octanol–water partition coefficient (Wildman–Crippen LogP) is 7.27. The molecule has 1 saturated heterocycles. The number of halogens is 1. The average molecular weight is 649 g/mol. The number of pyridine rings is 1. The maximum absolute atomic E-state index is 14.1. The highest BCUT2D eigenvalue weighted by atomic mass is 19.1. The molecule has 10 heteroatoms. The number of hydrogen-bond acceptors (Lipinski definition) is 7. The molecule has 1 fully saturated rings. The lowest BCUT2D eigenvalue weighted by molar-refractivity contribution is -0.164. The number of esters is 1. The number of allylic oxidation sites excluding steroid dienone is 1. The second-order valence-corrected chi connectivity index (χ2v) is 13.5. The van der Waals surface area contributed by atoms with Gasteiger partial charge in [-0.15, -0.1) is 13.2 Å². The summed E-state index contributed by atoms with van der Waals surface area (Å²) in [6.45, 7) is 19.5. The summed E-state index contributed by atoms with van der Waals surface area (Å²) in [4.78, 5) is 33.8. The van der Waals surface area contributed by atoms with E-state index in [2.05, 4.69) is 30.3 Å². The van der Waals surface area contributed by atoms with Crippen LogP contribution in [0, 0.1) is 18.2 Å². The van der Waals surface area contributed by atoms with Gasteiger partial charge in [-0.3, -0.25) is 9.20 Å². The van der Waals surface area contributed by atoms with Crippen LogP contribution in [-0.2, 0) is 20.8 Å². The van der Waals surface area contributed by atoms with Crippen molar-refractivity contribution in [2.24, 2.45) is 5.41 Å². The molecule has 47 heavy (non-hydrogen) atoms. The third-order valence-corrected chi connectivity index (χ3v) is 8.62. The van der Waals surface area contributed by atoms with Gasteiger partial charge in [0.2, 0.25) is 0 Å². The number of fused-ring (bicyclic) bond motifs is 1. The standard InChI is InChI=1S/C37H49FN4O5/c1-9-11-15-37(7)16-18-41(19-17-37)34-31(32(35(44)45-8)47-36(4,5)6)25(3)21-30-40-28(24-42(30)34)33(43)39-23-26-22-27(38)13-14-29(26)46-20-12-10-2/h9-10,13-14,21-22,24,32H,1-2,11-12,15-20,23H2,3-8H3,(H,39,43)/t32-/m0/s1. The fourth-order valence-corrected chi connectivity index (χ4v) is 5.99. The van der Waals surface area contributed by atoms with Crippen LogP contribution in [0.3, 0.4) is 0 Å². The van der Waals surface area contributed by atoms with E-state index in [4.69, 9.17) is 19.2 Å². The molecule has 0 aliphatic carbocycles. The number of rotatable bonds is 14. The number of anilines is 1. The molecule has 1 aliphatic rings. The molecule has 1 N–H and O–H groups in total. The van der Waals surface area contributed by atoms with Gasteiger partial charge in [-0.25, -0.2) is 14.2 Å². The molecular weight excluding hydrogens is 599 g/mol. The Morgan fingerprint density at radius 2 is 1.85 bits per heavy atom. The summed E-state index contributed by atoms with van der Waals surface area (Å²) in [5.74, 6) is -0.114. The first kappa shape index (κ1) is 35.7. The minimum Gasteiger partial charge on any atom is -0.493 e. The van der Waals surface area contributed by atoms with E-state index in [1.54, 1.807) is 18.3 Å².